The number of aliphatic carboxylic acids is 1. The van der Waals surface area contributed by atoms with Gasteiger partial charge in [0, 0.05) is 30.7 Å². The van der Waals surface area contributed by atoms with Crippen molar-refractivity contribution in [2.45, 2.75) is 45.4 Å². The van der Waals surface area contributed by atoms with Crippen molar-refractivity contribution in [1.82, 2.24) is 10.3 Å². The molecule has 1 heterocycles. The molecule has 1 aromatic carbocycles. The van der Waals surface area contributed by atoms with Gasteiger partial charge in [-0.1, -0.05) is 44.2 Å². The highest BCUT2D eigenvalue weighted by atomic mass is 16.5. The summed E-state index contributed by atoms with van der Waals surface area (Å²) in [5, 5.41) is 12.5. The predicted molar refractivity (Wildman–Crippen MR) is 107 cm³/mol. The fourth-order valence-corrected chi connectivity index (χ4v) is 3.63. The number of aromatic nitrogens is 1. The van der Waals surface area contributed by atoms with E-state index in [1.165, 1.54) is 6.20 Å². The summed E-state index contributed by atoms with van der Waals surface area (Å²) in [6, 6.07) is 12.8. The molecule has 3 rings (SSSR count). The van der Waals surface area contributed by atoms with Crippen LogP contribution in [0.1, 0.15) is 43.1 Å². The average Bonchev–Trinajstić information content (AvgIpc) is 2.72. The van der Waals surface area contributed by atoms with Crippen molar-refractivity contribution in [3.8, 4) is 5.88 Å². The molecule has 154 valence electrons. The number of nitrogens with zero attached hydrogens (tertiary/aromatic N) is 1. The number of carboxylic acids is 1. The first-order chi connectivity index (χ1) is 13.8. The molecule has 0 aliphatic heterocycles. The van der Waals surface area contributed by atoms with Crippen LogP contribution >= 0.6 is 0 Å². The first-order valence-corrected chi connectivity index (χ1v) is 9.60. The minimum atomic E-state index is -1.38. The Morgan fingerprint density at radius 1 is 1.21 bits per heavy atom. The van der Waals surface area contributed by atoms with Crippen LogP contribution in [0.5, 0.6) is 5.88 Å². The highest BCUT2D eigenvalue weighted by Crippen LogP contribution is 2.51. The van der Waals surface area contributed by atoms with E-state index in [0.29, 0.717) is 19.1 Å². The summed E-state index contributed by atoms with van der Waals surface area (Å²) >= 11 is 0. The van der Waals surface area contributed by atoms with Crippen molar-refractivity contribution in [2.24, 2.45) is 5.41 Å². The zero-order chi connectivity index (χ0) is 21.1. The van der Waals surface area contributed by atoms with Crippen molar-refractivity contribution in [3.05, 3.63) is 59.8 Å². The lowest BCUT2D eigenvalue weighted by molar-refractivity contribution is -0.190. The Morgan fingerprint density at radius 2 is 1.93 bits per heavy atom. The number of rotatable bonds is 8. The van der Waals surface area contributed by atoms with Crippen LogP contribution in [0.3, 0.4) is 0 Å². The van der Waals surface area contributed by atoms with Gasteiger partial charge in [-0.25, -0.2) is 9.78 Å². The zero-order valence-corrected chi connectivity index (χ0v) is 16.8. The molecule has 0 bridgehead atoms. The van der Waals surface area contributed by atoms with Crippen LogP contribution in [0.25, 0.3) is 0 Å². The standard InChI is InChI=1S/C22H26N2O5/c1-4-28-17-12-22(20(26)27,21(17,2)3)24-19(25)16-10-11-18(23-13-16)29-14-15-8-6-5-7-9-15/h5-11,13,17H,4,12,14H2,1-3H3,(H,24,25)(H,26,27). The Labute approximate surface area is 170 Å². The summed E-state index contributed by atoms with van der Waals surface area (Å²) in [5.41, 5.74) is -0.841. The lowest BCUT2D eigenvalue weighted by Gasteiger charge is -2.58. The number of ether oxygens (including phenoxy) is 2. The van der Waals surface area contributed by atoms with Crippen LogP contribution in [-0.2, 0) is 16.1 Å². The summed E-state index contributed by atoms with van der Waals surface area (Å²) in [4.78, 5) is 28.9. The molecule has 7 heteroatoms. The van der Waals surface area contributed by atoms with Gasteiger partial charge >= 0.3 is 5.97 Å². The van der Waals surface area contributed by atoms with Crippen molar-refractivity contribution < 1.29 is 24.2 Å². The zero-order valence-electron chi connectivity index (χ0n) is 16.8. The summed E-state index contributed by atoms with van der Waals surface area (Å²) < 4.78 is 11.2. The second-order valence-electron chi connectivity index (χ2n) is 7.69. The normalized spacial score (nSPS) is 22.4. The van der Waals surface area contributed by atoms with Crippen LogP contribution in [0.2, 0.25) is 0 Å². The van der Waals surface area contributed by atoms with E-state index in [2.05, 4.69) is 10.3 Å². The SMILES string of the molecule is CCOC1CC(NC(=O)c2ccc(OCc3ccccc3)nc2)(C(=O)O)C1(C)C. The molecule has 2 N–H and O–H groups in total. The van der Waals surface area contributed by atoms with Crippen molar-refractivity contribution in [1.29, 1.82) is 0 Å². The van der Waals surface area contributed by atoms with Gasteiger partial charge < -0.3 is 19.9 Å². The van der Waals surface area contributed by atoms with E-state index in [1.54, 1.807) is 26.0 Å². The fraction of sp³-hybridized carbons (Fsp3) is 0.409. The molecule has 1 saturated carbocycles. The molecule has 29 heavy (non-hydrogen) atoms. The molecule has 1 aliphatic carbocycles. The molecule has 1 fully saturated rings. The maximum atomic E-state index is 12.7. The fourth-order valence-electron chi connectivity index (χ4n) is 3.63. The largest absolute Gasteiger partial charge is 0.479 e. The number of carbonyl (C=O) groups is 2. The van der Waals surface area contributed by atoms with E-state index < -0.39 is 22.8 Å². The molecular formula is C22H26N2O5. The van der Waals surface area contributed by atoms with Gasteiger partial charge in [-0.15, -0.1) is 0 Å². The number of pyridine rings is 1. The van der Waals surface area contributed by atoms with Crippen molar-refractivity contribution in [3.63, 3.8) is 0 Å². The number of amides is 1. The van der Waals surface area contributed by atoms with Gasteiger partial charge in [-0.3, -0.25) is 4.79 Å². The van der Waals surface area contributed by atoms with E-state index in [1.807, 2.05) is 37.3 Å². The van der Waals surface area contributed by atoms with Gasteiger partial charge in [0.2, 0.25) is 5.88 Å². The Hall–Kier alpha value is -2.93. The molecule has 2 unspecified atom stereocenters. The van der Waals surface area contributed by atoms with Crippen LogP contribution < -0.4 is 10.1 Å². The second kappa shape index (κ2) is 8.21. The van der Waals surface area contributed by atoms with Crippen LogP contribution in [0, 0.1) is 5.41 Å². The Balaban J connectivity index is 1.66. The van der Waals surface area contributed by atoms with E-state index in [4.69, 9.17) is 9.47 Å². The maximum Gasteiger partial charge on any atom is 0.330 e. The number of benzene rings is 1. The molecule has 2 aromatic rings. The monoisotopic (exact) mass is 398 g/mol. The smallest absolute Gasteiger partial charge is 0.330 e. The lowest BCUT2D eigenvalue weighted by atomic mass is 9.54. The lowest BCUT2D eigenvalue weighted by Crippen LogP contribution is -2.76. The molecule has 0 spiro atoms. The van der Waals surface area contributed by atoms with E-state index >= 15 is 0 Å². The van der Waals surface area contributed by atoms with Gasteiger partial charge in [-0.2, -0.15) is 0 Å². The average molecular weight is 398 g/mol. The summed E-state index contributed by atoms with van der Waals surface area (Å²) in [6.45, 7) is 6.32. The minimum Gasteiger partial charge on any atom is -0.479 e. The maximum absolute atomic E-state index is 12.7. The topological polar surface area (TPSA) is 97.8 Å². The first-order valence-electron chi connectivity index (χ1n) is 9.60. The summed E-state index contributed by atoms with van der Waals surface area (Å²) in [6.07, 6.45) is 1.38. The summed E-state index contributed by atoms with van der Waals surface area (Å²) in [5.74, 6) is -1.17. The van der Waals surface area contributed by atoms with Gasteiger partial charge in [-0.05, 0) is 18.6 Å². The molecule has 0 radical (unpaired) electrons. The number of nitrogens with one attached hydrogen (secondary N) is 1. The number of carboxylic acid groups (broad SMARTS) is 1. The van der Waals surface area contributed by atoms with Gasteiger partial charge in [0.05, 0.1) is 11.7 Å². The third-order valence-electron chi connectivity index (χ3n) is 5.68. The highest BCUT2D eigenvalue weighted by molar-refractivity contribution is 5.98. The Morgan fingerprint density at radius 3 is 2.48 bits per heavy atom. The van der Waals surface area contributed by atoms with E-state index in [-0.39, 0.29) is 18.1 Å². The van der Waals surface area contributed by atoms with Crippen molar-refractivity contribution >= 4 is 11.9 Å². The van der Waals surface area contributed by atoms with Crippen LogP contribution in [0.4, 0.5) is 0 Å². The molecule has 0 saturated heterocycles. The molecule has 1 aromatic heterocycles. The quantitative estimate of drug-likeness (QED) is 0.709. The van der Waals surface area contributed by atoms with Gasteiger partial charge in [0.1, 0.15) is 12.1 Å². The van der Waals surface area contributed by atoms with E-state index in [9.17, 15) is 14.7 Å². The second-order valence-corrected chi connectivity index (χ2v) is 7.69. The summed E-state index contributed by atoms with van der Waals surface area (Å²) in [7, 11) is 0. The van der Waals surface area contributed by atoms with E-state index in [0.717, 1.165) is 5.56 Å². The van der Waals surface area contributed by atoms with Crippen LogP contribution in [0.15, 0.2) is 48.7 Å². The molecule has 1 aliphatic rings. The Kier molecular flexibility index (Phi) is 5.88. The third kappa shape index (κ3) is 3.96. The molecule has 2 atom stereocenters. The predicted octanol–water partition coefficient (Wildman–Crippen LogP) is 3.05. The number of hydrogen-bond donors (Lipinski definition) is 2. The molecule has 7 nitrogen and oxygen atoms in total. The molecule has 1 amide bonds. The molecular weight excluding hydrogens is 372 g/mol. The minimum absolute atomic E-state index is 0.223. The number of hydrogen-bond acceptors (Lipinski definition) is 5. The van der Waals surface area contributed by atoms with Crippen molar-refractivity contribution in [2.75, 3.05) is 6.61 Å². The van der Waals surface area contributed by atoms with Gasteiger partial charge in [0.25, 0.3) is 5.91 Å². The third-order valence-corrected chi connectivity index (χ3v) is 5.68. The highest BCUT2D eigenvalue weighted by Gasteiger charge is 2.66. The number of carbonyl (C=O) groups excluding carboxylic acids is 1. The first kappa shape index (κ1) is 20.8. The van der Waals surface area contributed by atoms with Gasteiger partial charge in [0.15, 0.2) is 0 Å². The van der Waals surface area contributed by atoms with Crippen LogP contribution in [-0.4, -0.2) is 40.2 Å². The Bertz CT molecular complexity index is 867.